The second-order valence-corrected chi connectivity index (χ2v) is 7.01. The molecule has 7 heteroatoms. The van der Waals surface area contributed by atoms with Crippen molar-refractivity contribution in [1.82, 2.24) is 0 Å². The van der Waals surface area contributed by atoms with Crippen LogP contribution < -0.4 is 20.7 Å². The summed E-state index contributed by atoms with van der Waals surface area (Å²) in [5.41, 5.74) is 2.94. The summed E-state index contributed by atoms with van der Waals surface area (Å²) in [7, 11) is 1.53. The Morgan fingerprint density at radius 3 is 2.39 bits per heavy atom. The first kappa shape index (κ1) is 21.8. The lowest BCUT2D eigenvalue weighted by atomic mass is 10.1. The van der Waals surface area contributed by atoms with Gasteiger partial charge in [0.1, 0.15) is 11.6 Å². The molecule has 31 heavy (non-hydrogen) atoms. The predicted molar refractivity (Wildman–Crippen MR) is 120 cm³/mol. The van der Waals surface area contributed by atoms with Gasteiger partial charge in [0.15, 0.2) is 0 Å². The lowest BCUT2D eigenvalue weighted by molar-refractivity contribution is -0.116. The first-order chi connectivity index (χ1) is 14.9. The molecule has 0 atom stereocenters. The molecule has 3 N–H and O–H groups in total. The maximum Gasteiger partial charge on any atom is 0.243 e. The Labute approximate surface area is 180 Å². The van der Waals surface area contributed by atoms with Gasteiger partial charge < -0.3 is 20.7 Å². The van der Waals surface area contributed by atoms with E-state index < -0.39 is 5.82 Å². The first-order valence-electron chi connectivity index (χ1n) is 9.76. The highest BCUT2D eigenvalue weighted by molar-refractivity contribution is 5.95. The highest BCUT2D eigenvalue weighted by Gasteiger charge is 2.11. The molecular weight excluding hydrogens is 397 g/mol. The van der Waals surface area contributed by atoms with Crippen molar-refractivity contribution >= 4 is 28.9 Å². The number of benzene rings is 3. The predicted octanol–water partition coefficient (Wildman–Crippen LogP) is 4.37. The van der Waals surface area contributed by atoms with Gasteiger partial charge >= 0.3 is 0 Å². The Hall–Kier alpha value is -3.87. The average Bonchev–Trinajstić information content (AvgIpc) is 2.75. The number of hydrogen-bond acceptors (Lipinski definition) is 4. The van der Waals surface area contributed by atoms with Crippen LogP contribution in [0.1, 0.15) is 11.1 Å². The summed E-state index contributed by atoms with van der Waals surface area (Å²) in [6.45, 7) is 1.87. The summed E-state index contributed by atoms with van der Waals surface area (Å²) < 4.78 is 19.4. The fourth-order valence-electron chi connectivity index (χ4n) is 3.00. The lowest BCUT2D eigenvalue weighted by Gasteiger charge is -2.13. The third-order valence-electron chi connectivity index (χ3n) is 4.53. The molecule has 0 bridgehead atoms. The average molecular weight is 421 g/mol. The normalized spacial score (nSPS) is 10.3. The van der Waals surface area contributed by atoms with Crippen LogP contribution in [-0.4, -0.2) is 25.5 Å². The molecule has 0 saturated carbocycles. The molecular formula is C24H24FN3O3. The van der Waals surface area contributed by atoms with Crippen LogP contribution in [-0.2, 0) is 16.0 Å². The molecule has 0 fully saturated rings. The van der Waals surface area contributed by atoms with E-state index in [0.29, 0.717) is 17.1 Å². The molecule has 160 valence electrons. The topological polar surface area (TPSA) is 79.5 Å². The molecule has 6 nitrogen and oxygen atoms in total. The van der Waals surface area contributed by atoms with Crippen molar-refractivity contribution < 1.29 is 18.7 Å². The fraction of sp³-hybridized carbons (Fsp3) is 0.167. The largest absolute Gasteiger partial charge is 0.495 e. The van der Waals surface area contributed by atoms with Gasteiger partial charge in [-0.1, -0.05) is 36.4 Å². The number of aryl methyl sites for hydroxylation is 1. The number of carbonyl (C=O) groups excluding carboxylic acids is 2. The van der Waals surface area contributed by atoms with Crippen molar-refractivity contribution in [3.63, 3.8) is 0 Å². The summed E-state index contributed by atoms with van der Waals surface area (Å²) in [5.74, 6) is -0.612. The minimum atomic E-state index is -0.555. The minimum absolute atomic E-state index is 0.0415. The number of anilines is 3. The summed E-state index contributed by atoms with van der Waals surface area (Å²) in [4.78, 5) is 24.6. The standard InChI is InChI=1S/C24H24FN3O3/c1-16-8-11-22(31-2)21(12-16)28-24(30)15-26-18-9-10-19(25)20(14-18)27-23(29)13-17-6-4-3-5-7-17/h3-12,14,26H,13,15H2,1-2H3,(H,27,29)(H,28,30). The van der Waals surface area contributed by atoms with Crippen molar-refractivity contribution in [2.24, 2.45) is 0 Å². The van der Waals surface area contributed by atoms with Crippen LogP contribution in [0.2, 0.25) is 0 Å². The second kappa shape index (κ2) is 10.2. The lowest BCUT2D eigenvalue weighted by Crippen LogP contribution is -2.22. The summed E-state index contributed by atoms with van der Waals surface area (Å²) in [6, 6.07) is 18.9. The zero-order valence-corrected chi connectivity index (χ0v) is 17.4. The van der Waals surface area contributed by atoms with Gasteiger partial charge in [0.2, 0.25) is 11.8 Å². The van der Waals surface area contributed by atoms with Gasteiger partial charge in [0.25, 0.3) is 0 Å². The van der Waals surface area contributed by atoms with Crippen LogP contribution in [0.3, 0.4) is 0 Å². The van der Waals surface area contributed by atoms with E-state index in [0.717, 1.165) is 11.1 Å². The maximum atomic E-state index is 14.1. The van der Waals surface area contributed by atoms with E-state index in [1.807, 2.05) is 49.4 Å². The van der Waals surface area contributed by atoms with Crippen LogP contribution in [0.15, 0.2) is 66.7 Å². The van der Waals surface area contributed by atoms with Gasteiger partial charge in [-0.2, -0.15) is 0 Å². The number of amides is 2. The van der Waals surface area contributed by atoms with Crippen molar-refractivity contribution in [2.45, 2.75) is 13.3 Å². The molecule has 3 aromatic rings. The van der Waals surface area contributed by atoms with Gasteiger partial charge in [0.05, 0.1) is 31.5 Å². The number of rotatable bonds is 8. The van der Waals surface area contributed by atoms with Crippen molar-refractivity contribution in [2.75, 3.05) is 29.6 Å². The minimum Gasteiger partial charge on any atom is -0.495 e. The highest BCUT2D eigenvalue weighted by atomic mass is 19.1. The number of hydrogen-bond donors (Lipinski definition) is 3. The molecule has 0 aromatic heterocycles. The summed E-state index contributed by atoms with van der Waals surface area (Å²) >= 11 is 0. The zero-order valence-electron chi connectivity index (χ0n) is 17.4. The molecule has 0 saturated heterocycles. The molecule has 0 aliphatic carbocycles. The van der Waals surface area contributed by atoms with Gasteiger partial charge in [-0.15, -0.1) is 0 Å². The molecule has 2 amide bonds. The van der Waals surface area contributed by atoms with Crippen LogP contribution in [0.5, 0.6) is 5.75 Å². The number of carbonyl (C=O) groups is 2. The van der Waals surface area contributed by atoms with Crippen LogP contribution >= 0.6 is 0 Å². The maximum absolute atomic E-state index is 14.1. The molecule has 0 heterocycles. The summed E-state index contributed by atoms with van der Waals surface area (Å²) in [5, 5.41) is 8.30. The van der Waals surface area contributed by atoms with E-state index in [2.05, 4.69) is 16.0 Å². The van der Waals surface area contributed by atoms with Gasteiger partial charge in [-0.05, 0) is 48.4 Å². The van der Waals surface area contributed by atoms with Crippen molar-refractivity contribution in [3.8, 4) is 5.75 Å². The SMILES string of the molecule is COc1ccc(C)cc1NC(=O)CNc1ccc(F)c(NC(=O)Cc2ccccc2)c1. The van der Waals surface area contributed by atoms with E-state index in [1.54, 1.807) is 6.07 Å². The van der Waals surface area contributed by atoms with E-state index in [9.17, 15) is 14.0 Å². The third kappa shape index (κ3) is 6.30. The third-order valence-corrected chi connectivity index (χ3v) is 4.53. The van der Waals surface area contributed by atoms with Crippen LogP contribution in [0, 0.1) is 12.7 Å². The van der Waals surface area contributed by atoms with Crippen molar-refractivity contribution in [3.05, 3.63) is 83.7 Å². The molecule has 0 aliphatic rings. The number of nitrogens with one attached hydrogen (secondary N) is 3. The Kier molecular flexibility index (Phi) is 7.22. The first-order valence-corrected chi connectivity index (χ1v) is 9.76. The van der Waals surface area contributed by atoms with E-state index in [-0.39, 0.29) is 30.5 Å². The van der Waals surface area contributed by atoms with Gasteiger partial charge in [-0.25, -0.2) is 4.39 Å². The van der Waals surface area contributed by atoms with E-state index in [4.69, 9.17) is 4.74 Å². The molecule has 3 rings (SSSR count). The smallest absolute Gasteiger partial charge is 0.243 e. The van der Waals surface area contributed by atoms with E-state index in [1.165, 1.54) is 25.3 Å². The molecule has 0 aliphatic heterocycles. The van der Waals surface area contributed by atoms with E-state index >= 15 is 0 Å². The van der Waals surface area contributed by atoms with Gasteiger partial charge in [-0.3, -0.25) is 9.59 Å². The van der Waals surface area contributed by atoms with Crippen molar-refractivity contribution in [1.29, 1.82) is 0 Å². The Morgan fingerprint density at radius 2 is 1.65 bits per heavy atom. The summed E-state index contributed by atoms with van der Waals surface area (Å²) in [6.07, 6.45) is 0.138. The Morgan fingerprint density at radius 1 is 0.903 bits per heavy atom. The second-order valence-electron chi connectivity index (χ2n) is 7.01. The monoisotopic (exact) mass is 421 g/mol. The Bertz CT molecular complexity index is 1070. The highest BCUT2D eigenvalue weighted by Crippen LogP contribution is 2.25. The van der Waals surface area contributed by atoms with Gasteiger partial charge in [0, 0.05) is 5.69 Å². The van der Waals surface area contributed by atoms with Crippen LogP contribution in [0.4, 0.5) is 21.5 Å². The fourth-order valence-corrected chi connectivity index (χ4v) is 3.00. The number of methoxy groups -OCH3 is 1. The molecule has 3 aromatic carbocycles. The number of ether oxygens (including phenoxy) is 1. The quantitative estimate of drug-likeness (QED) is 0.505. The van der Waals surface area contributed by atoms with Crippen LogP contribution in [0.25, 0.3) is 0 Å². The number of halogens is 1. The molecule has 0 radical (unpaired) electrons. The Balaban J connectivity index is 1.59. The zero-order chi connectivity index (χ0) is 22.2. The molecule has 0 spiro atoms. The molecule has 0 unspecified atom stereocenters.